The highest BCUT2D eigenvalue weighted by molar-refractivity contribution is 5.89. The Kier molecular flexibility index (Phi) is 4.51. The Morgan fingerprint density at radius 1 is 0.423 bits per heavy atom. The van der Waals surface area contributed by atoms with Crippen LogP contribution in [0.3, 0.4) is 0 Å². The minimum Gasteiger partial charge on any atom is -0.0622 e. The quantitative estimate of drug-likeness (QED) is 0.366. The number of benzene rings is 4. The third kappa shape index (κ3) is 3.67. The van der Waals surface area contributed by atoms with Crippen LogP contribution in [0.4, 0.5) is 0 Å². The van der Waals surface area contributed by atoms with Gasteiger partial charge in [0, 0.05) is 22.3 Å². The minimum atomic E-state index is 0.996. The standard InChI is InChI=1S/C26H16/c1-3-8-21(9-4-1)14-15-23-17-19-25-13-7-12-24(26(25)20-23)18-16-22-10-5-2-6-11-22/h1-13,17,19-20H. The summed E-state index contributed by atoms with van der Waals surface area (Å²) in [4.78, 5) is 0. The fourth-order valence-electron chi connectivity index (χ4n) is 2.79. The zero-order valence-electron chi connectivity index (χ0n) is 14.2. The van der Waals surface area contributed by atoms with Gasteiger partial charge >= 0.3 is 0 Å². The van der Waals surface area contributed by atoms with Crippen LogP contribution in [0.1, 0.15) is 22.3 Å². The first-order chi connectivity index (χ1) is 12.9. The topological polar surface area (TPSA) is 0 Å². The number of rotatable bonds is 0. The molecule has 0 fully saturated rings. The lowest BCUT2D eigenvalue weighted by molar-refractivity contribution is 1.63. The molecule has 0 nitrogen and oxygen atoms in total. The molecule has 0 aliphatic carbocycles. The molecule has 0 radical (unpaired) electrons. The largest absolute Gasteiger partial charge is 0.0622 e. The first-order valence-electron chi connectivity index (χ1n) is 8.55. The maximum Gasteiger partial charge on any atom is 0.0327 e. The van der Waals surface area contributed by atoms with Crippen LogP contribution in [0, 0.1) is 23.7 Å². The average molecular weight is 328 g/mol. The fraction of sp³-hybridized carbons (Fsp3) is 0. The number of fused-ring (bicyclic) bond motifs is 1. The molecule has 4 aromatic carbocycles. The highest BCUT2D eigenvalue weighted by Gasteiger charge is 1.99. The van der Waals surface area contributed by atoms with Crippen LogP contribution in [-0.4, -0.2) is 0 Å². The van der Waals surface area contributed by atoms with E-state index in [2.05, 4.69) is 54.0 Å². The monoisotopic (exact) mass is 328 g/mol. The molecule has 0 heterocycles. The van der Waals surface area contributed by atoms with E-state index in [-0.39, 0.29) is 0 Å². The minimum absolute atomic E-state index is 0.996. The predicted molar refractivity (Wildman–Crippen MR) is 109 cm³/mol. The maximum absolute atomic E-state index is 3.31. The second kappa shape index (κ2) is 7.43. The summed E-state index contributed by atoms with van der Waals surface area (Å²) in [5.74, 6) is 13.0. The van der Waals surface area contributed by atoms with E-state index in [0.29, 0.717) is 0 Å². The van der Waals surface area contributed by atoms with Gasteiger partial charge < -0.3 is 0 Å². The summed E-state index contributed by atoms with van der Waals surface area (Å²) >= 11 is 0. The Balaban J connectivity index is 1.74. The average Bonchev–Trinajstić information content (AvgIpc) is 2.72. The Labute approximate surface area is 154 Å². The van der Waals surface area contributed by atoms with Crippen molar-refractivity contribution in [2.24, 2.45) is 0 Å². The van der Waals surface area contributed by atoms with E-state index < -0.39 is 0 Å². The van der Waals surface area contributed by atoms with Gasteiger partial charge in [-0.25, -0.2) is 0 Å². The van der Waals surface area contributed by atoms with Gasteiger partial charge in [-0.15, -0.1) is 0 Å². The van der Waals surface area contributed by atoms with Gasteiger partial charge in [-0.3, -0.25) is 0 Å². The van der Waals surface area contributed by atoms with Crippen molar-refractivity contribution in [3.05, 3.63) is 119 Å². The lowest BCUT2D eigenvalue weighted by atomic mass is 10.0. The van der Waals surface area contributed by atoms with Gasteiger partial charge in [0.05, 0.1) is 0 Å². The van der Waals surface area contributed by atoms with E-state index in [0.717, 1.165) is 27.6 Å². The zero-order chi connectivity index (χ0) is 17.6. The van der Waals surface area contributed by atoms with Crippen LogP contribution in [0.25, 0.3) is 10.8 Å². The highest BCUT2D eigenvalue weighted by Crippen LogP contribution is 2.20. The summed E-state index contributed by atoms with van der Waals surface area (Å²) < 4.78 is 0. The molecule has 26 heavy (non-hydrogen) atoms. The molecular weight excluding hydrogens is 312 g/mol. The molecule has 0 spiro atoms. The van der Waals surface area contributed by atoms with Crippen LogP contribution < -0.4 is 0 Å². The molecule has 0 heteroatoms. The first-order valence-corrected chi connectivity index (χ1v) is 8.55. The molecule has 0 saturated heterocycles. The van der Waals surface area contributed by atoms with E-state index >= 15 is 0 Å². The van der Waals surface area contributed by atoms with Gasteiger partial charge in [0.15, 0.2) is 0 Å². The molecule has 0 unspecified atom stereocenters. The van der Waals surface area contributed by atoms with Crippen molar-refractivity contribution in [1.29, 1.82) is 0 Å². The van der Waals surface area contributed by atoms with Crippen LogP contribution in [0.2, 0.25) is 0 Å². The van der Waals surface area contributed by atoms with Crippen LogP contribution in [0.15, 0.2) is 97.1 Å². The lowest BCUT2D eigenvalue weighted by Gasteiger charge is -2.01. The molecule has 0 aliphatic heterocycles. The van der Waals surface area contributed by atoms with Crippen molar-refractivity contribution in [3.8, 4) is 23.7 Å². The SMILES string of the molecule is C(#Cc1ccc2cccc(C#Cc3ccccc3)c2c1)c1ccccc1. The molecular formula is C26H16. The number of hydrogen-bond donors (Lipinski definition) is 0. The summed E-state index contributed by atoms with van der Waals surface area (Å²) in [6, 6.07) is 32.6. The van der Waals surface area contributed by atoms with Gasteiger partial charge in [0.1, 0.15) is 0 Å². The van der Waals surface area contributed by atoms with Crippen molar-refractivity contribution in [2.75, 3.05) is 0 Å². The fourth-order valence-corrected chi connectivity index (χ4v) is 2.79. The second-order valence-electron chi connectivity index (χ2n) is 5.97. The van der Waals surface area contributed by atoms with Crippen molar-refractivity contribution in [2.45, 2.75) is 0 Å². The molecule has 0 N–H and O–H groups in total. The lowest BCUT2D eigenvalue weighted by Crippen LogP contribution is -1.83. The van der Waals surface area contributed by atoms with Gasteiger partial charge in [-0.2, -0.15) is 0 Å². The third-order valence-electron chi connectivity index (χ3n) is 4.12. The second-order valence-corrected chi connectivity index (χ2v) is 5.97. The predicted octanol–water partition coefficient (Wildman–Crippen LogP) is 5.64. The number of hydrogen-bond acceptors (Lipinski definition) is 0. The van der Waals surface area contributed by atoms with Crippen LogP contribution >= 0.6 is 0 Å². The Morgan fingerprint density at radius 2 is 1.04 bits per heavy atom. The molecule has 4 rings (SSSR count). The Hall–Kier alpha value is -3.74. The van der Waals surface area contributed by atoms with E-state index in [9.17, 15) is 0 Å². The molecule has 0 aromatic heterocycles. The van der Waals surface area contributed by atoms with Crippen molar-refractivity contribution < 1.29 is 0 Å². The van der Waals surface area contributed by atoms with E-state index in [1.54, 1.807) is 0 Å². The van der Waals surface area contributed by atoms with Crippen molar-refractivity contribution in [3.63, 3.8) is 0 Å². The molecule has 0 aliphatic rings. The third-order valence-corrected chi connectivity index (χ3v) is 4.12. The Bertz CT molecular complexity index is 1160. The molecule has 0 bridgehead atoms. The zero-order valence-corrected chi connectivity index (χ0v) is 14.2. The van der Waals surface area contributed by atoms with Crippen molar-refractivity contribution in [1.82, 2.24) is 0 Å². The molecule has 0 saturated carbocycles. The summed E-state index contributed by atoms with van der Waals surface area (Å²) in [6.45, 7) is 0. The van der Waals surface area contributed by atoms with Crippen LogP contribution in [0.5, 0.6) is 0 Å². The van der Waals surface area contributed by atoms with E-state index in [1.165, 1.54) is 5.39 Å². The normalized spacial score (nSPS) is 9.69. The van der Waals surface area contributed by atoms with Gasteiger partial charge in [-0.1, -0.05) is 78.3 Å². The smallest absolute Gasteiger partial charge is 0.0327 e. The summed E-state index contributed by atoms with van der Waals surface area (Å²) in [6.07, 6.45) is 0. The van der Waals surface area contributed by atoms with Crippen LogP contribution in [-0.2, 0) is 0 Å². The summed E-state index contributed by atoms with van der Waals surface area (Å²) in [5, 5.41) is 2.31. The van der Waals surface area contributed by atoms with Crippen molar-refractivity contribution >= 4 is 10.8 Å². The van der Waals surface area contributed by atoms with E-state index in [4.69, 9.17) is 0 Å². The van der Waals surface area contributed by atoms with Gasteiger partial charge in [-0.05, 0) is 53.2 Å². The molecule has 0 atom stereocenters. The van der Waals surface area contributed by atoms with Gasteiger partial charge in [0.25, 0.3) is 0 Å². The summed E-state index contributed by atoms with van der Waals surface area (Å²) in [5.41, 5.74) is 4.05. The first kappa shape index (κ1) is 15.8. The summed E-state index contributed by atoms with van der Waals surface area (Å²) in [7, 11) is 0. The molecule has 4 aromatic rings. The Morgan fingerprint density at radius 3 is 1.73 bits per heavy atom. The highest BCUT2D eigenvalue weighted by atomic mass is 14.0. The van der Waals surface area contributed by atoms with Gasteiger partial charge in [0.2, 0.25) is 0 Å². The maximum atomic E-state index is 3.31. The van der Waals surface area contributed by atoms with E-state index in [1.807, 2.05) is 66.7 Å². The molecule has 0 amide bonds. The molecule has 120 valence electrons.